The van der Waals surface area contributed by atoms with Gasteiger partial charge < -0.3 is 14.7 Å². The van der Waals surface area contributed by atoms with Crippen LogP contribution in [0.2, 0.25) is 0 Å². The van der Waals surface area contributed by atoms with E-state index >= 15 is 0 Å². The molecule has 120 valence electrons. The van der Waals surface area contributed by atoms with Gasteiger partial charge in [0.05, 0.1) is 12.7 Å². The lowest BCUT2D eigenvalue weighted by molar-refractivity contribution is -0.135. The molecule has 0 unspecified atom stereocenters. The summed E-state index contributed by atoms with van der Waals surface area (Å²) >= 11 is 0. The molecule has 0 bridgehead atoms. The maximum absolute atomic E-state index is 12.4. The molecule has 1 N–H and O–H groups in total. The average molecular weight is 311 g/mol. The quantitative estimate of drug-likeness (QED) is 0.941. The second-order valence-corrected chi connectivity index (χ2v) is 5.81. The number of carbonyl (C=O) groups excluding carboxylic acids is 1. The topological polar surface area (TPSA) is 49.8 Å². The largest absolute Gasteiger partial charge is 0.394 e. The molecule has 1 fully saturated rings. The summed E-state index contributed by atoms with van der Waals surface area (Å²) < 4.78 is 5.66. The van der Waals surface area contributed by atoms with E-state index in [1.165, 1.54) is 0 Å². The Bertz CT molecular complexity index is 630. The van der Waals surface area contributed by atoms with E-state index < -0.39 is 0 Å². The van der Waals surface area contributed by atoms with Crippen LogP contribution in [0.25, 0.3) is 0 Å². The summed E-state index contributed by atoms with van der Waals surface area (Å²) in [6.45, 7) is 1.03. The van der Waals surface area contributed by atoms with E-state index in [4.69, 9.17) is 4.74 Å². The Morgan fingerprint density at radius 1 is 1.04 bits per heavy atom. The highest BCUT2D eigenvalue weighted by Gasteiger charge is 2.32. The Hall–Kier alpha value is -2.17. The summed E-state index contributed by atoms with van der Waals surface area (Å²) in [7, 11) is 0. The van der Waals surface area contributed by atoms with Crippen molar-refractivity contribution in [2.24, 2.45) is 0 Å². The van der Waals surface area contributed by atoms with Crippen molar-refractivity contribution in [3.63, 3.8) is 0 Å². The first kappa shape index (κ1) is 15.7. The van der Waals surface area contributed by atoms with E-state index in [1.807, 2.05) is 65.6 Å². The SMILES string of the molecule is O=C1CO[C@@H](CO)[C@H](c2ccccc2)CN1Cc1ccccc1. The molecule has 3 rings (SSSR count). The summed E-state index contributed by atoms with van der Waals surface area (Å²) in [6.07, 6.45) is -0.359. The van der Waals surface area contributed by atoms with Crippen LogP contribution in [0.1, 0.15) is 17.0 Å². The van der Waals surface area contributed by atoms with Gasteiger partial charge in [0.25, 0.3) is 0 Å². The smallest absolute Gasteiger partial charge is 0.248 e. The molecule has 2 aromatic carbocycles. The summed E-state index contributed by atoms with van der Waals surface area (Å²) in [5.41, 5.74) is 2.18. The van der Waals surface area contributed by atoms with Crippen LogP contribution in [-0.4, -0.2) is 41.8 Å². The van der Waals surface area contributed by atoms with Crippen molar-refractivity contribution in [3.8, 4) is 0 Å². The maximum atomic E-state index is 12.4. The number of carbonyl (C=O) groups is 1. The predicted molar refractivity (Wildman–Crippen MR) is 87.9 cm³/mol. The third-order valence-electron chi connectivity index (χ3n) is 4.26. The van der Waals surface area contributed by atoms with Crippen molar-refractivity contribution in [3.05, 3.63) is 71.8 Å². The molecule has 0 aliphatic carbocycles. The first-order valence-corrected chi connectivity index (χ1v) is 7.87. The van der Waals surface area contributed by atoms with Crippen molar-refractivity contribution < 1.29 is 14.6 Å². The van der Waals surface area contributed by atoms with E-state index in [0.29, 0.717) is 13.1 Å². The summed E-state index contributed by atoms with van der Waals surface area (Å²) in [5, 5.41) is 9.66. The first-order valence-electron chi connectivity index (χ1n) is 7.87. The monoisotopic (exact) mass is 311 g/mol. The number of ether oxygens (including phenoxy) is 1. The van der Waals surface area contributed by atoms with Crippen LogP contribution in [0.5, 0.6) is 0 Å². The Kier molecular flexibility index (Phi) is 5.05. The van der Waals surface area contributed by atoms with Crippen LogP contribution >= 0.6 is 0 Å². The van der Waals surface area contributed by atoms with Crippen molar-refractivity contribution in [2.45, 2.75) is 18.6 Å². The number of hydrogen-bond donors (Lipinski definition) is 1. The second-order valence-electron chi connectivity index (χ2n) is 5.81. The molecule has 1 aliphatic heterocycles. The number of rotatable bonds is 4. The highest BCUT2D eigenvalue weighted by atomic mass is 16.5. The van der Waals surface area contributed by atoms with Crippen LogP contribution in [0.15, 0.2) is 60.7 Å². The molecule has 0 aromatic heterocycles. The third kappa shape index (κ3) is 3.78. The second kappa shape index (κ2) is 7.40. The van der Waals surface area contributed by atoms with Crippen LogP contribution in [0, 0.1) is 0 Å². The number of aliphatic hydroxyl groups is 1. The fraction of sp³-hybridized carbons (Fsp3) is 0.316. The molecule has 1 saturated heterocycles. The fourth-order valence-electron chi connectivity index (χ4n) is 3.00. The number of hydrogen-bond acceptors (Lipinski definition) is 3. The van der Waals surface area contributed by atoms with E-state index in [-0.39, 0.29) is 31.1 Å². The zero-order valence-electron chi connectivity index (χ0n) is 13.0. The number of aliphatic hydroxyl groups excluding tert-OH is 1. The lowest BCUT2D eigenvalue weighted by atomic mass is 9.93. The normalized spacial score (nSPS) is 22.0. The van der Waals surface area contributed by atoms with Gasteiger partial charge in [-0.3, -0.25) is 4.79 Å². The van der Waals surface area contributed by atoms with Gasteiger partial charge in [-0.15, -0.1) is 0 Å². The molecule has 0 spiro atoms. The van der Waals surface area contributed by atoms with Gasteiger partial charge in [-0.25, -0.2) is 0 Å². The van der Waals surface area contributed by atoms with E-state index in [0.717, 1.165) is 11.1 Å². The molecular weight excluding hydrogens is 290 g/mol. The van der Waals surface area contributed by atoms with Gasteiger partial charge in [0.1, 0.15) is 6.61 Å². The van der Waals surface area contributed by atoms with Crippen molar-refractivity contribution >= 4 is 5.91 Å². The van der Waals surface area contributed by atoms with Crippen LogP contribution < -0.4 is 0 Å². The van der Waals surface area contributed by atoms with Gasteiger partial charge in [-0.2, -0.15) is 0 Å². The van der Waals surface area contributed by atoms with Gasteiger partial charge >= 0.3 is 0 Å². The molecule has 0 radical (unpaired) electrons. The molecular formula is C19H21NO3. The zero-order valence-corrected chi connectivity index (χ0v) is 13.0. The first-order chi connectivity index (χ1) is 11.3. The minimum absolute atomic E-state index is 0.0153. The van der Waals surface area contributed by atoms with E-state index in [9.17, 15) is 9.90 Å². The van der Waals surface area contributed by atoms with Gasteiger partial charge in [0.2, 0.25) is 5.91 Å². The summed E-state index contributed by atoms with van der Waals surface area (Å²) in [4.78, 5) is 14.2. The number of nitrogens with zero attached hydrogens (tertiary/aromatic N) is 1. The van der Waals surface area contributed by atoms with Crippen LogP contribution in [0.4, 0.5) is 0 Å². The van der Waals surface area contributed by atoms with Crippen molar-refractivity contribution in [2.75, 3.05) is 19.8 Å². The molecule has 0 saturated carbocycles. The minimum atomic E-state index is -0.359. The minimum Gasteiger partial charge on any atom is -0.394 e. The van der Waals surface area contributed by atoms with E-state index in [2.05, 4.69) is 0 Å². The molecule has 2 aromatic rings. The summed E-state index contributed by atoms with van der Waals surface area (Å²) in [6, 6.07) is 19.9. The maximum Gasteiger partial charge on any atom is 0.248 e. The Morgan fingerprint density at radius 3 is 2.35 bits per heavy atom. The van der Waals surface area contributed by atoms with Gasteiger partial charge in [0.15, 0.2) is 0 Å². The highest BCUT2D eigenvalue weighted by Crippen LogP contribution is 2.26. The lowest BCUT2D eigenvalue weighted by Crippen LogP contribution is -2.35. The molecule has 4 nitrogen and oxygen atoms in total. The standard InChI is InChI=1S/C19H21NO3/c21-13-18-17(16-9-5-2-6-10-16)12-20(19(22)14-23-18)11-15-7-3-1-4-8-15/h1-10,17-18,21H,11-14H2/t17-,18-/m0/s1. The number of amides is 1. The summed E-state index contributed by atoms with van der Waals surface area (Å²) in [5.74, 6) is -0.0675. The van der Waals surface area contributed by atoms with E-state index in [1.54, 1.807) is 0 Å². The van der Waals surface area contributed by atoms with Crippen LogP contribution in [0.3, 0.4) is 0 Å². The molecule has 1 amide bonds. The molecule has 1 heterocycles. The van der Waals surface area contributed by atoms with Crippen molar-refractivity contribution in [1.29, 1.82) is 0 Å². The van der Waals surface area contributed by atoms with Gasteiger partial charge in [-0.05, 0) is 11.1 Å². The van der Waals surface area contributed by atoms with Crippen LogP contribution in [-0.2, 0) is 16.1 Å². The predicted octanol–water partition coefficient (Wildman–Crippen LogP) is 2.19. The Labute approximate surface area is 136 Å². The molecule has 4 heteroatoms. The average Bonchev–Trinajstić information content (AvgIpc) is 2.76. The lowest BCUT2D eigenvalue weighted by Gasteiger charge is -2.27. The molecule has 1 aliphatic rings. The third-order valence-corrected chi connectivity index (χ3v) is 4.26. The highest BCUT2D eigenvalue weighted by molar-refractivity contribution is 5.77. The molecule has 2 atom stereocenters. The Morgan fingerprint density at radius 2 is 1.70 bits per heavy atom. The van der Waals surface area contributed by atoms with Gasteiger partial charge in [0, 0.05) is 19.0 Å². The fourth-order valence-corrected chi connectivity index (χ4v) is 3.00. The number of benzene rings is 2. The zero-order chi connectivity index (χ0) is 16.1. The van der Waals surface area contributed by atoms with Gasteiger partial charge in [-0.1, -0.05) is 60.7 Å². The Balaban J connectivity index is 1.84. The van der Waals surface area contributed by atoms with Crippen molar-refractivity contribution in [1.82, 2.24) is 4.90 Å². The molecule has 23 heavy (non-hydrogen) atoms.